The fraction of sp³-hybridized carbons (Fsp3) is 0.286. The van der Waals surface area contributed by atoms with Gasteiger partial charge in [-0.1, -0.05) is 0 Å². The van der Waals surface area contributed by atoms with Gasteiger partial charge in [0.25, 0.3) is 0 Å². The molecule has 1 aromatic carbocycles. The lowest BCUT2D eigenvalue weighted by Gasteiger charge is -2.14. The first-order valence-electron chi connectivity index (χ1n) is 5.77. The second-order valence-corrected chi connectivity index (χ2v) is 5.80. The zero-order chi connectivity index (χ0) is 13.8. The summed E-state index contributed by atoms with van der Waals surface area (Å²) >= 11 is 3.05. The Morgan fingerprint density at radius 1 is 1.32 bits per heavy atom. The van der Waals surface area contributed by atoms with Crippen molar-refractivity contribution >= 4 is 40.2 Å². The quantitative estimate of drug-likeness (QED) is 0.622. The van der Waals surface area contributed by atoms with Crippen molar-refractivity contribution in [1.29, 1.82) is 0 Å². The van der Waals surface area contributed by atoms with Gasteiger partial charge in [0.05, 0.1) is 5.52 Å². The van der Waals surface area contributed by atoms with E-state index in [9.17, 15) is 4.79 Å². The number of benzene rings is 1. The van der Waals surface area contributed by atoms with Crippen molar-refractivity contribution in [3.63, 3.8) is 0 Å². The molecule has 0 aliphatic heterocycles. The highest BCUT2D eigenvalue weighted by Gasteiger charge is 2.14. The highest BCUT2D eigenvalue weighted by atomic mass is 32.2. The Labute approximate surface area is 121 Å². The first-order valence-corrected chi connectivity index (χ1v) is 8.29. The average molecular weight is 293 g/mol. The number of rotatable bonds is 5. The molecular formula is C14H15NO2S2. The summed E-state index contributed by atoms with van der Waals surface area (Å²) in [6.45, 7) is 1.54. The van der Waals surface area contributed by atoms with Gasteiger partial charge in [-0.25, -0.2) is 0 Å². The Hall–Kier alpha value is -1.20. The summed E-state index contributed by atoms with van der Waals surface area (Å²) in [5.41, 5.74) is 0.475. The average Bonchev–Trinajstić information content (AvgIpc) is 2.43. The largest absolute Gasteiger partial charge is 0.472 e. The molecule has 5 heteroatoms. The van der Waals surface area contributed by atoms with Gasteiger partial charge >= 0.3 is 0 Å². The molecule has 1 aromatic heterocycles. The number of carbonyl (C=O) groups excluding carboxylic acids is 1. The second kappa shape index (κ2) is 6.30. The predicted octanol–water partition coefficient (Wildman–Crippen LogP) is 3.61. The number of aromatic nitrogens is 1. The Morgan fingerprint density at radius 3 is 2.74 bits per heavy atom. The maximum atomic E-state index is 11.4. The number of ketones is 1. The van der Waals surface area contributed by atoms with Gasteiger partial charge in [0.15, 0.2) is 5.78 Å². The van der Waals surface area contributed by atoms with Crippen LogP contribution < -0.4 is 4.74 Å². The Balaban J connectivity index is 2.32. The molecular weight excluding hydrogens is 278 g/mol. The molecule has 3 nitrogen and oxygen atoms in total. The molecule has 0 fully saturated rings. The number of hydrogen-bond donors (Lipinski definition) is 0. The van der Waals surface area contributed by atoms with E-state index in [0.29, 0.717) is 5.75 Å². The van der Waals surface area contributed by atoms with E-state index in [1.54, 1.807) is 11.8 Å². The van der Waals surface area contributed by atoms with Crippen molar-refractivity contribution in [1.82, 2.24) is 4.98 Å². The third kappa shape index (κ3) is 3.42. The fourth-order valence-electron chi connectivity index (χ4n) is 1.70. The minimum Gasteiger partial charge on any atom is -0.472 e. The molecule has 19 heavy (non-hydrogen) atoms. The van der Waals surface area contributed by atoms with E-state index in [-0.39, 0.29) is 5.78 Å². The zero-order valence-corrected chi connectivity index (χ0v) is 12.7. The summed E-state index contributed by atoms with van der Waals surface area (Å²) in [6.07, 6.45) is 5.73. The number of ether oxygens (including phenoxy) is 1. The highest BCUT2D eigenvalue weighted by molar-refractivity contribution is 7.99. The van der Waals surface area contributed by atoms with Crippen LogP contribution in [0.1, 0.15) is 6.92 Å². The lowest BCUT2D eigenvalue weighted by molar-refractivity contribution is -0.120. The van der Waals surface area contributed by atoms with E-state index in [1.807, 2.05) is 36.9 Å². The number of fused-ring (bicyclic) bond motifs is 1. The van der Waals surface area contributed by atoms with Crippen LogP contribution in [0.15, 0.2) is 35.4 Å². The molecule has 2 rings (SSSR count). The molecule has 0 radical (unpaired) electrons. The van der Waals surface area contributed by atoms with Crippen LogP contribution in [0.4, 0.5) is 0 Å². The van der Waals surface area contributed by atoms with E-state index in [1.165, 1.54) is 18.7 Å². The molecule has 0 aliphatic rings. The molecule has 0 spiro atoms. The fourth-order valence-corrected chi connectivity index (χ4v) is 2.64. The van der Waals surface area contributed by atoms with Gasteiger partial charge in [0.2, 0.25) is 5.44 Å². The topological polar surface area (TPSA) is 39.2 Å². The van der Waals surface area contributed by atoms with Gasteiger partial charge < -0.3 is 4.74 Å². The Kier molecular flexibility index (Phi) is 4.71. The number of carbonyl (C=O) groups is 1. The van der Waals surface area contributed by atoms with Gasteiger partial charge in [-0.15, -0.1) is 23.5 Å². The van der Waals surface area contributed by atoms with Crippen molar-refractivity contribution in [2.75, 3.05) is 12.5 Å². The lowest BCUT2D eigenvalue weighted by Crippen LogP contribution is -2.20. The molecule has 1 heterocycles. The summed E-state index contributed by atoms with van der Waals surface area (Å²) < 4.78 is 5.69. The lowest BCUT2D eigenvalue weighted by atomic mass is 10.2. The van der Waals surface area contributed by atoms with Crippen LogP contribution in [-0.2, 0) is 4.79 Å². The molecule has 0 saturated heterocycles. The molecule has 0 amide bonds. The first kappa shape index (κ1) is 14.2. The summed E-state index contributed by atoms with van der Waals surface area (Å²) in [4.78, 5) is 16.9. The van der Waals surface area contributed by atoms with Crippen LogP contribution in [0.25, 0.3) is 10.9 Å². The van der Waals surface area contributed by atoms with Crippen LogP contribution >= 0.6 is 23.5 Å². The minimum atomic E-state index is -0.450. The van der Waals surface area contributed by atoms with Gasteiger partial charge in [0, 0.05) is 16.5 Å². The number of Topliss-reactive ketones (excluding diaryl/α,β-unsaturated/α-hetero) is 1. The third-order valence-corrected chi connectivity index (χ3v) is 4.20. The van der Waals surface area contributed by atoms with Crippen LogP contribution in [0, 0.1) is 0 Å². The van der Waals surface area contributed by atoms with Crippen molar-refractivity contribution in [2.45, 2.75) is 17.3 Å². The van der Waals surface area contributed by atoms with Crippen LogP contribution in [0.3, 0.4) is 0 Å². The number of hydrogen-bond acceptors (Lipinski definition) is 5. The Morgan fingerprint density at radius 2 is 2.11 bits per heavy atom. The summed E-state index contributed by atoms with van der Waals surface area (Å²) in [5, 5.41) is 1.02. The first-order chi connectivity index (χ1) is 9.13. The molecule has 1 atom stereocenters. The van der Waals surface area contributed by atoms with E-state index in [2.05, 4.69) is 11.1 Å². The highest BCUT2D eigenvalue weighted by Crippen LogP contribution is 2.25. The van der Waals surface area contributed by atoms with Gasteiger partial charge in [-0.05, 0) is 43.7 Å². The summed E-state index contributed by atoms with van der Waals surface area (Å²) in [6, 6.07) is 7.75. The smallest absolute Gasteiger partial charge is 0.202 e. The molecule has 1 unspecified atom stereocenters. The van der Waals surface area contributed by atoms with E-state index >= 15 is 0 Å². The molecule has 0 N–H and O–H groups in total. The number of nitrogens with zero attached hydrogens (tertiary/aromatic N) is 1. The van der Waals surface area contributed by atoms with Crippen molar-refractivity contribution in [3.05, 3.63) is 30.5 Å². The molecule has 2 aromatic rings. The van der Waals surface area contributed by atoms with Crippen molar-refractivity contribution in [2.24, 2.45) is 0 Å². The molecule has 0 aliphatic carbocycles. The second-order valence-electron chi connectivity index (χ2n) is 4.03. The van der Waals surface area contributed by atoms with Crippen molar-refractivity contribution < 1.29 is 9.53 Å². The van der Waals surface area contributed by atoms with E-state index < -0.39 is 5.44 Å². The van der Waals surface area contributed by atoms with E-state index in [0.717, 1.165) is 15.8 Å². The molecule has 0 saturated carbocycles. The van der Waals surface area contributed by atoms with Crippen LogP contribution in [0.2, 0.25) is 0 Å². The molecule has 100 valence electrons. The maximum Gasteiger partial charge on any atom is 0.202 e. The monoisotopic (exact) mass is 293 g/mol. The van der Waals surface area contributed by atoms with Crippen LogP contribution in [0.5, 0.6) is 5.75 Å². The normalized spacial score (nSPS) is 12.4. The SMILES string of the molecule is CSc1cnc2ccc(OC(SC)C(C)=O)cc2c1. The Bertz CT molecular complexity index is 601. The number of thioether (sulfide) groups is 2. The minimum absolute atomic E-state index is 0.0172. The molecule has 0 bridgehead atoms. The predicted molar refractivity (Wildman–Crippen MR) is 82.1 cm³/mol. The zero-order valence-electron chi connectivity index (χ0n) is 11.0. The van der Waals surface area contributed by atoms with Crippen LogP contribution in [-0.4, -0.2) is 28.7 Å². The van der Waals surface area contributed by atoms with Gasteiger partial charge in [-0.3, -0.25) is 9.78 Å². The van der Waals surface area contributed by atoms with Gasteiger partial charge in [-0.2, -0.15) is 0 Å². The maximum absolute atomic E-state index is 11.4. The van der Waals surface area contributed by atoms with Crippen molar-refractivity contribution in [3.8, 4) is 5.75 Å². The van der Waals surface area contributed by atoms with Gasteiger partial charge in [0.1, 0.15) is 5.75 Å². The standard InChI is InChI=1S/C14H15NO2S2/c1-9(16)14(19-3)17-11-4-5-13-10(6-11)7-12(18-2)8-15-13/h4-8,14H,1-3H3. The summed E-state index contributed by atoms with van der Waals surface area (Å²) in [7, 11) is 0. The van der Waals surface area contributed by atoms with E-state index in [4.69, 9.17) is 4.74 Å². The summed E-state index contributed by atoms with van der Waals surface area (Å²) in [5.74, 6) is 0.714. The third-order valence-electron chi connectivity index (χ3n) is 2.65. The number of pyridine rings is 1.